The number of nitrogens with zero attached hydrogens (tertiary/aromatic N) is 4. The van der Waals surface area contributed by atoms with Gasteiger partial charge in [0.25, 0.3) is 0 Å². The molecule has 41 heavy (non-hydrogen) atoms. The second-order valence-corrected chi connectivity index (χ2v) is 12.3. The Kier molecular flexibility index (Phi) is 7.28. The van der Waals surface area contributed by atoms with Gasteiger partial charge in [0.1, 0.15) is 5.56 Å². The summed E-state index contributed by atoms with van der Waals surface area (Å²) in [5, 5.41) is 12.9. The molecular weight excluding hydrogens is 546 g/mol. The highest BCUT2D eigenvalue weighted by atomic mass is 32.2. The van der Waals surface area contributed by atoms with Crippen LogP contribution in [0.2, 0.25) is 0 Å². The molecule has 12 heteroatoms. The molecule has 0 spiro atoms. The molecule has 0 amide bonds. The number of aromatic nitrogens is 3. The number of rotatable bonds is 8. The normalized spacial score (nSPS) is 15.6. The van der Waals surface area contributed by atoms with Crippen molar-refractivity contribution in [3.63, 3.8) is 0 Å². The maximum absolute atomic E-state index is 12.9. The van der Waals surface area contributed by atoms with E-state index in [1.165, 1.54) is 27.8 Å². The Balaban J connectivity index is 1.26. The zero-order chi connectivity index (χ0) is 28.6. The number of aromatic carboxylic acids is 1. The summed E-state index contributed by atoms with van der Waals surface area (Å²) in [5.41, 5.74) is 4.05. The van der Waals surface area contributed by atoms with E-state index in [1.807, 2.05) is 42.5 Å². The third kappa shape index (κ3) is 5.58. The number of morpholine rings is 1. The van der Waals surface area contributed by atoms with Gasteiger partial charge in [0.05, 0.1) is 24.4 Å². The molecular formula is C29H29N5O6S. The van der Waals surface area contributed by atoms with Gasteiger partial charge in [0, 0.05) is 36.9 Å². The first kappa shape index (κ1) is 27.1. The fourth-order valence-electron chi connectivity index (χ4n) is 5.31. The highest BCUT2D eigenvalue weighted by molar-refractivity contribution is 7.89. The van der Waals surface area contributed by atoms with E-state index in [0.29, 0.717) is 44.1 Å². The van der Waals surface area contributed by atoms with E-state index in [2.05, 4.69) is 15.3 Å². The number of nitrogens with one attached hydrogen (secondary N) is 1. The molecule has 0 atom stereocenters. The fraction of sp³-hybridized carbons (Fsp3) is 0.310. The van der Waals surface area contributed by atoms with Crippen LogP contribution < -0.4 is 10.7 Å². The monoisotopic (exact) mass is 575 g/mol. The largest absolute Gasteiger partial charge is 0.477 e. The molecule has 212 valence electrons. The van der Waals surface area contributed by atoms with Crippen LogP contribution in [0, 0.1) is 0 Å². The number of hydrogen-bond donors (Lipinski definition) is 2. The van der Waals surface area contributed by atoms with Crippen molar-refractivity contribution in [1.29, 1.82) is 0 Å². The Bertz CT molecular complexity index is 1800. The van der Waals surface area contributed by atoms with Crippen molar-refractivity contribution in [2.45, 2.75) is 25.7 Å². The van der Waals surface area contributed by atoms with Gasteiger partial charge in [0.2, 0.25) is 21.4 Å². The van der Waals surface area contributed by atoms with Gasteiger partial charge < -0.3 is 19.7 Å². The van der Waals surface area contributed by atoms with Gasteiger partial charge in [-0.1, -0.05) is 18.2 Å². The minimum absolute atomic E-state index is 0.0200. The molecule has 1 fully saturated rings. The van der Waals surface area contributed by atoms with E-state index >= 15 is 0 Å². The molecule has 4 aromatic rings. The minimum Gasteiger partial charge on any atom is -0.477 e. The van der Waals surface area contributed by atoms with Crippen LogP contribution in [0.4, 0.5) is 11.6 Å². The molecule has 2 aliphatic rings. The van der Waals surface area contributed by atoms with Crippen molar-refractivity contribution in [1.82, 2.24) is 18.8 Å². The molecule has 2 aromatic heterocycles. The summed E-state index contributed by atoms with van der Waals surface area (Å²) in [5.74, 6) is -1.06. The van der Waals surface area contributed by atoms with Gasteiger partial charge in [-0.2, -0.15) is 9.29 Å². The van der Waals surface area contributed by atoms with E-state index in [1.54, 1.807) is 4.57 Å². The molecule has 1 aliphatic heterocycles. The number of anilines is 2. The van der Waals surface area contributed by atoms with Crippen LogP contribution in [0.3, 0.4) is 0 Å². The van der Waals surface area contributed by atoms with Crippen molar-refractivity contribution in [2.24, 2.45) is 0 Å². The van der Waals surface area contributed by atoms with Crippen LogP contribution in [0.15, 0.2) is 59.7 Å². The quantitative estimate of drug-likeness (QED) is 0.324. The van der Waals surface area contributed by atoms with Crippen molar-refractivity contribution in [2.75, 3.05) is 37.4 Å². The lowest BCUT2D eigenvalue weighted by molar-refractivity contribution is 0.0695. The van der Waals surface area contributed by atoms with E-state index in [9.17, 15) is 23.1 Å². The lowest BCUT2D eigenvalue weighted by Gasteiger charge is -2.26. The van der Waals surface area contributed by atoms with Gasteiger partial charge in [-0.25, -0.2) is 18.2 Å². The molecule has 0 saturated carbocycles. The number of pyridine rings is 1. The average molecular weight is 576 g/mol. The third-order valence-corrected chi connectivity index (χ3v) is 9.43. The average Bonchev–Trinajstić information content (AvgIpc) is 3.45. The molecule has 0 bridgehead atoms. The smallest absolute Gasteiger partial charge is 0.341 e. The Morgan fingerprint density at radius 1 is 1.05 bits per heavy atom. The van der Waals surface area contributed by atoms with Crippen LogP contribution in [-0.4, -0.2) is 70.4 Å². The number of carboxylic acid groups (broad SMARTS) is 1. The van der Waals surface area contributed by atoms with Crippen molar-refractivity contribution >= 4 is 38.7 Å². The molecule has 1 aliphatic carbocycles. The molecule has 0 unspecified atom stereocenters. The first-order valence-electron chi connectivity index (χ1n) is 13.5. The number of carbonyl (C=O) groups is 1. The topological polar surface area (TPSA) is 144 Å². The van der Waals surface area contributed by atoms with Crippen LogP contribution in [0.25, 0.3) is 16.7 Å². The predicted octanol–water partition coefficient (Wildman–Crippen LogP) is 2.92. The van der Waals surface area contributed by atoms with Crippen LogP contribution in [0.1, 0.15) is 33.5 Å². The summed E-state index contributed by atoms with van der Waals surface area (Å²) in [6, 6.07) is 13.3. The van der Waals surface area contributed by atoms with Crippen molar-refractivity contribution in [3.05, 3.63) is 87.3 Å². The summed E-state index contributed by atoms with van der Waals surface area (Å²) in [6.45, 7) is 1.60. The third-order valence-electron chi connectivity index (χ3n) is 7.56. The van der Waals surface area contributed by atoms with Gasteiger partial charge in [-0.05, 0) is 66.6 Å². The van der Waals surface area contributed by atoms with Crippen molar-refractivity contribution < 1.29 is 23.1 Å². The first-order chi connectivity index (χ1) is 19.8. The molecule has 2 N–H and O–H groups in total. The number of hydrogen-bond acceptors (Lipinski definition) is 8. The summed E-state index contributed by atoms with van der Waals surface area (Å²) >= 11 is 0. The number of sulfonamides is 1. The van der Waals surface area contributed by atoms with E-state index < -0.39 is 21.4 Å². The Labute approximate surface area is 236 Å². The Morgan fingerprint density at radius 3 is 2.56 bits per heavy atom. The van der Waals surface area contributed by atoms with Crippen LogP contribution >= 0.6 is 0 Å². The lowest BCUT2D eigenvalue weighted by Crippen LogP contribution is -2.42. The van der Waals surface area contributed by atoms with Gasteiger partial charge in [0.15, 0.2) is 5.65 Å². The van der Waals surface area contributed by atoms with Gasteiger partial charge >= 0.3 is 5.97 Å². The Hall–Kier alpha value is -4.13. The summed E-state index contributed by atoms with van der Waals surface area (Å²) in [4.78, 5) is 33.7. The molecule has 3 heterocycles. The number of carboxylic acids is 1. The highest BCUT2D eigenvalue weighted by Crippen LogP contribution is 2.26. The van der Waals surface area contributed by atoms with Gasteiger partial charge in [-0.3, -0.25) is 4.79 Å². The molecule has 2 aromatic carbocycles. The van der Waals surface area contributed by atoms with Crippen LogP contribution in [-0.2, 0) is 34.0 Å². The summed E-state index contributed by atoms with van der Waals surface area (Å²) < 4.78 is 33.6. The van der Waals surface area contributed by atoms with Crippen LogP contribution in [0.5, 0.6) is 0 Å². The number of ether oxygens (including phenoxy) is 1. The lowest BCUT2D eigenvalue weighted by atomic mass is 10.1. The van der Waals surface area contributed by atoms with Gasteiger partial charge in [-0.15, -0.1) is 0 Å². The highest BCUT2D eigenvalue weighted by Gasteiger charge is 2.24. The first-order valence-corrected chi connectivity index (χ1v) is 15.1. The number of benzene rings is 2. The fourth-order valence-corrected chi connectivity index (χ4v) is 6.77. The number of aryl methyl sites for hydroxylation is 3. The zero-order valence-corrected chi connectivity index (χ0v) is 23.1. The SMILES string of the molecule is O=C(O)c1cn(-c2ccc3c(c2)CCC3)c2nc(Nc3ccc(CCS(=O)(=O)N4CCOCC4)cc3)ncc2c1=O. The van der Waals surface area contributed by atoms with E-state index in [-0.39, 0.29) is 22.7 Å². The summed E-state index contributed by atoms with van der Waals surface area (Å²) in [7, 11) is -3.35. The minimum atomic E-state index is -3.35. The summed E-state index contributed by atoms with van der Waals surface area (Å²) in [6.07, 6.45) is 6.08. The predicted molar refractivity (Wildman–Crippen MR) is 154 cm³/mol. The zero-order valence-electron chi connectivity index (χ0n) is 22.2. The van der Waals surface area contributed by atoms with Crippen molar-refractivity contribution in [3.8, 4) is 5.69 Å². The maximum Gasteiger partial charge on any atom is 0.341 e. The Morgan fingerprint density at radius 2 is 1.80 bits per heavy atom. The molecule has 0 radical (unpaired) electrons. The van der Waals surface area contributed by atoms with E-state index in [4.69, 9.17) is 4.74 Å². The second kappa shape index (κ2) is 11.0. The molecule has 11 nitrogen and oxygen atoms in total. The molecule has 6 rings (SSSR count). The van der Waals surface area contributed by atoms with E-state index in [0.717, 1.165) is 30.5 Å². The maximum atomic E-state index is 12.9. The standard InChI is InChI=1S/C29H29N5O6S/c35-26-24-17-30-29(31-22-7-4-19(5-8-22)10-15-41(38,39)33-11-13-40-14-12-33)32-27(24)34(18-25(26)28(36)37)23-9-6-20-2-1-3-21(20)16-23/h4-9,16-18H,1-3,10-15H2,(H,36,37)(H,30,31,32). The number of fused-ring (bicyclic) bond motifs is 2. The molecule has 1 saturated heterocycles. The second-order valence-electron chi connectivity index (χ2n) is 10.2.